The fraction of sp³-hybridized carbons (Fsp3) is 0.164. The summed E-state index contributed by atoms with van der Waals surface area (Å²) >= 11 is 0. The molecule has 1 heterocycles. The summed E-state index contributed by atoms with van der Waals surface area (Å²) in [6.45, 7) is 14.0. The van der Waals surface area contributed by atoms with E-state index in [1.54, 1.807) is 0 Å². The van der Waals surface area contributed by atoms with Gasteiger partial charge in [0, 0.05) is 10.9 Å². The lowest BCUT2D eigenvalue weighted by Crippen LogP contribution is -2.27. The van der Waals surface area contributed by atoms with Gasteiger partial charge in [-0.25, -0.2) is 0 Å². The van der Waals surface area contributed by atoms with Gasteiger partial charge in [0.05, 0.1) is 5.41 Å². The van der Waals surface area contributed by atoms with E-state index in [0.29, 0.717) is 0 Å². The number of fused-ring (bicyclic) bond motifs is 12. The number of rotatable bonds is 2. The zero-order valence-electron chi connectivity index (χ0n) is 32.9. The van der Waals surface area contributed by atoms with E-state index in [9.17, 15) is 0 Å². The van der Waals surface area contributed by atoms with E-state index in [2.05, 4.69) is 199 Å². The first-order valence-electron chi connectivity index (χ1n) is 20.0. The highest BCUT2D eigenvalue weighted by Crippen LogP contribution is 2.64. The van der Waals surface area contributed by atoms with E-state index in [0.717, 1.165) is 17.1 Å². The molecule has 0 saturated carbocycles. The van der Waals surface area contributed by atoms with Crippen LogP contribution in [0.2, 0.25) is 0 Å². The highest BCUT2D eigenvalue weighted by Gasteiger charge is 2.52. The smallest absolute Gasteiger partial charge is 0.135 e. The lowest BCUT2D eigenvalue weighted by Gasteiger charge is -2.33. The average molecular weight is 721 g/mol. The molecule has 1 aliphatic heterocycles. The van der Waals surface area contributed by atoms with Gasteiger partial charge >= 0.3 is 0 Å². The number of benzene rings is 8. The van der Waals surface area contributed by atoms with Gasteiger partial charge in [-0.1, -0.05) is 169 Å². The second-order valence-corrected chi connectivity index (χ2v) is 18.1. The third-order valence-corrected chi connectivity index (χ3v) is 12.8. The van der Waals surface area contributed by atoms with Crippen LogP contribution in [0.15, 0.2) is 158 Å². The molecule has 2 aliphatic carbocycles. The van der Waals surface area contributed by atoms with Crippen LogP contribution >= 0.6 is 0 Å². The first-order chi connectivity index (χ1) is 27.0. The molecule has 270 valence electrons. The molecular formula is C55H44O. The third kappa shape index (κ3) is 4.61. The molecule has 0 amide bonds. The van der Waals surface area contributed by atoms with Crippen molar-refractivity contribution in [1.29, 1.82) is 0 Å². The van der Waals surface area contributed by atoms with Crippen LogP contribution in [0.3, 0.4) is 0 Å². The van der Waals surface area contributed by atoms with E-state index in [1.165, 1.54) is 94.2 Å². The normalized spacial score (nSPS) is 14.2. The lowest BCUT2D eigenvalue weighted by molar-refractivity contribution is 0.487. The summed E-state index contributed by atoms with van der Waals surface area (Å²) in [7, 11) is 0. The summed E-state index contributed by atoms with van der Waals surface area (Å²) < 4.78 is 6.45. The molecule has 11 rings (SSSR count). The molecule has 8 aromatic rings. The van der Waals surface area contributed by atoms with Crippen LogP contribution < -0.4 is 4.74 Å². The topological polar surface area (TPSA) is 9.23 Å². The minimum Gasteiger partial charge on any atom is -0.456 e. The highest BCUT2D eigenvalue weighted by atomic mass is 16.5. The van der Waals surface area contributed by atoms with Crippen LogP contribution in [-0.2, 0) is 16.2 Å². The molecule has 0 aromatic heterocycles. The predicted molar refractivity (Wildman–Crippen MR) is 234 cm³/mol. The van der Waals surface area contributed by atoms with Crippen molar-refractivity contribution < 1.29 is 4.74 Å². The van der Waals surface area contributed by atoms with Gasteiger partial charge in [0.15, 0.2) is 0 Å². The van der Waals surface area contributed by atoms with Gasteiger partial charge < -0.3 is 4.74 Å². The summed E-state index contributed by atoms with van der Waals surface area (Å²) in [5.41, 5.74) is 20.4. The molecular weight excluding hydrogens is 677 g/mol. The Hall–Kier alpha value is -6.18. The Morgan fingerprint density at radius 2 is 0.875 bits per heavy atom. The average Bonchev–Trinajstić information content (AvgIpc) is 3.66. The molecule has 0 N–H and O–H groups in total. The zero-order valence-corrected chi connectivity index (χ0v) is 32.9. The van der Waals surface area contributed by atoms with Gasteiger partial charge in [-0.15, -0.1) is 0 Å². The van der Waals surface area contributed by atoms with Crippen molar-refractivity contribution in [2.75, 3.05) is 0 Å². The maximum atomic E-state index is 6.45. The summed E-state index contributed by atoms with van der Waals surface area (Å²) in [6.07, 6.45) is 0. The van der Waals surface area contributed by atoms with Gasteiger partial charge in [0.2, 0.25) is 0 Å². The molecule has 0 saturated heterocycles. The summed E-state index contributed by atoms with van der Waals surface area (Å²) in [5, 5.41) is 2.38. The first-order valence-corrected chi connectivity index (χ1v) is 20.0. The quantitative estimate of drug-likeness (QED) is 0.173. The van der Waals surface area contributed by atoms with E-state index in [-0.39, 0.29) is 10.8 Å². The fourth-order valence-electron chi connectivity index (χ4n) is 9.92. The monoisotopic (exact) mass is 720 g/mol. The van der Waals surface area contributed by atoms with Crippen molar-refractivity contribution >= 4 is 10.8 Å². The van der Waals surface area contributed by atoms with Crippen molar-refractivity contribution in [3.05, 3.63) is 191 Å². The third-order valence-electron chi connectivity index (χ3n) is 12.8. The van der Waals surface area contributed by atoms with Crippen LogP contribution in [0.5, 0.6) is 11.5 Å². The van der Waals surface area contributed by atoms with Crippen molar-refractivity contribution in [2.45, 2.75) is 57.8 Å². The molecule has 0 bridgehead atoms. The SMILES string of the molecule is CC(C)(C)c1ccc2c(c1)C1(c3ccccc3-c3ccc(-c4cccc(-c5ccc6c(c5)-c5cccc7cccc(c57)O6)c4)cc31)c1cc(C(C)(C)C)ccc1-2. The molecule has 1 nitrogen and oxygen atoms in total. The largest absolute Gasteiger partial charge is 0.456 e. The Balaban J connectivity index is 1.10. The van der Waals surface area contributed by atoms with E-state index < -0.39 is 5.41 Å². The molecule has 0 fully saturated rings. The lowest BCUT2D eigenvalue weighted by atomic mass is 9.68. The molecule has 3 aliphatic rings. The van der Waals surface area contributed by atoms with Crippen molar-refractivity contribution in [2.24, 2.45) is 0 Å². The first kappa shape index (κ1) is 33.2. The van der Waals surface area contributed by atoms with Crippen molar-refractivity contribution in [3.63, 3.8) is 0 Å². The van der Waals surface area contributed by atoms with Crippen LogP contribution in [-0.4, -0.2) is 0 Å². The highest BCUT2D eigenvalue weighted by molar-refractivity contribution is 6.04. The summed E-state index contributed by atoms with van der Waals surface area (Å²) in [4.78, 5) is 0. The van der Waals surface area contributed by atoms with E-state index >= 15 is 0 Å². The number of hydrogen-bond acceptors (Lipinski definition) is 1. The Kier molecular flexibility index (Phi) is 6.77. The molecule has 0 unspecified atom stereocenters. The Labute approximate surface area is 330 Å². The van der Waals surface area contributed by atoms with Crippen LogP contribution in [0.1, 0.15) is 74.9 Å². The van der Waals surface area contributed by atoms with E-state index in [1.807, 2.05) is 0 Å². The standard InChI is InChI=1S/C55H44O/c1-53(2,3)38-22-25-42-43-26-23-39(54(4,5)6)32-49(43)55(48(42)31-38)46-18-8-7-16-40(46)41-24-20-37(30-47(41)55)35-15-9-14-34(28-35)36-21-27-50-45(29-36)44-17-10-12-33-13-11-19-51(56-50)52(33)44/h7-32H,1-6H3. The van der Waals surface area contributed by atoms with E-state index in [4.69, 9.17) is 4.74 Å². The molecule has 0 radical (unpaired) electrons. The molecule has 0 atom stereocenters. The second-order valence-electron chi connectivity index (χ2n) is 18.1. The molecule has 1 spiro atoms. The van der Waals surface area contributed by atoms with Crippen LogP contribution in [0, 0.1) is 0 Å². The molecule has 8 aromatic carbocycles. The van der Waals surface area contributed by atoms with Gasteiger partial charge in [0.25, 0.3) is 0 Å². The Morgan fingerprint density at radius 1 is 0.357 bits per heavy atom. The minimum absolute atomic E-state index is 0.0174. The van der Waals surface area contributed by atoms with Crippen LogP contribution in [0.25, 0.3) is 66.4 Å². The summed E-state index contributed by atoms with van der Waals surface area (Å²) in [5.74, 6) is 1.83. The predicted octanol–water partition coefficient (Wildman–Crippen LogP) is 14.9. The summed E-state index contributed by atoms with van der Waals surface area (Å²) in [6, 6.07) is 59.5. The maximum absolute atomic E-state index is 6.45. The molecule has 56 heavy (non-hydrogen) atoms. The number of ether oxygens (including phenoxy) is 1. The van der Waals surface area contributed by atoms with Gasteiger partial charge in [0.1, 0.15) is 11.5 Å². The van der Waals surface area contributed by atoms with Gasteiger partial charge in [-0.3, -0.25) is 0 Å². The van der Waals surface area contributed by atoms with Crippen molar-refractivity contribution in [1.82, 2.24) is 0 Å². The second kappa shape index (κ2) is 11.4. The van der Waals surface area contributed by atoms with Crippen molar-refractivity contribution in [3.8, 4) is 67.1 Å². The Morgan fingerprint density at radius 3 is 1.55 bits per heavy atom. The minimum atomic E-state index is -0.428. The fourth-order valence-corrected chi connectivity index (χ4v) is 9.92. The zero-order chi connectivity index (χ0) is 38.1. The Bertz CT molecular complexity index is 2890. The number of hydrogen-bond donors (Lipinski definition) is 0. The van der Waals surface area contributed by atoms with Gasteiger partial charge in [-0.05, 0) is 130 Å². The maximum Gasteiger partial charge on any atom is 0.135 e. The molecule has 1 heteroatoms. The van der Waals surface area contributed by atoms with Crippen LogP contribution in [0.4, 0.5) is 0 Å². The van der Waals surface area contributed by atoms with Gasteiger partial charge in [-0.2, -0.15) is 0 Å².